The molecule has 1 aliphatic rings. The van der Waals surface area contributed by atoms with E-state index in [1.165, 1.54) is 18.4 Å². The van der Waals surface area contributed by atoms with Crippen LogP contribution in [0.5, 0.6) is 0 Å². The van der Waals surface area contributed by atoms with Crippen LogP contribution in [0, 0.1) is 12.3 Å². The highest BCUT2D eigenvalue weighted by Gasteiger charge is 2.33. The zero-order chi connectivity index (χ0) is 13.3. The molecule has 0 bridgehead atoms. The largest absolute Gasteiger partial charge is 0.396 e. The van der Waals surface area contributed by atoms with Crippen molar-refractivity contribution in [3.63, 3.8) is 0 Å². The first-order chi connectivity index (χ1) is 9.21. The van der Waals surface area contributed by atoms with Crippen LogP contribution in [-0.2, 0) is 0 Å². The summed E-state index contributed by atoms with van der Waals surface area (Å²) in [4.78, 5) is 4.46. The van der Waals surface area contributed by atoms with Crippen molar-refractivity contribution in [1.29, 1.82) is 0 Å². The smallest absolute Gasteiger partial charge is 0.243 e. The lowest BCUT2D eigenvalue weighted by Gasteiger charge is -2.26. The maximum atomic E-state index is 9.58. The average Bonchev–Trinajstić information content (AvgIpc) is 3.02. The molecular weight excluding hydrogens is 240 g/mol. The van der Waals surface area contributed by atoms with E-state index in [4.69, 9.17) is 0 Å². The van der Waals surface area contributed by atoms with Crippen LogP contribution in [0.25, 0.3) is 5.65 Å². The summed E-state index contributed by atoms with van der Waals surface area (Å²) in [5, 5.41) is 17.3. The van der Waals surface area contributed by atoms with Crippen LogP contribution < -0.4 is 5.32 Å². The SMILES string of the molecule is Cc1ccn2nc(NCC3(CO)CCCC3)nc2c1. The first-order valence-electron chi connectivity index (χ1n) is 6.89. The van der Waals surface area contributed by atoms with Gasteiger partial charge in [-0.05, 0) is 37.5 Å². The van der Waals surface area contributed by atoms with Gasteiger partial charge in [0, 0.05) is 18.2 Å². The topological polar surface area (TPSA) is 62.5 Å². The Balaban J connectivity index is 1.74. The lowest BCUT2D eigenvalue weighted by atomic mass is 9.87. The van der Waals surface area contributed by atoms with Gasteiger partial charge in [-0.25, -0.2) is 4.52 Å². The fourth-order valence-electron chi connectivity index (χ4n) is 2.84. The molecule has 1 fully saturated rings. The third-order valence-corrected chi connectivity index (χ3v) is 4.11. The number of hydrogen-bond donors (Lipinski definition) is 2. The summed E-state index contributed by atoms with van der Waals surface area (Å²) in [6.07, 6.45) is 6.51. The van der Waals surface area contributed by atoms with E-state index in [1.54, 1.807) is 4.52 Å². The summed E-state index contributed by atoms with van der Waals surface area (Å²) in [6, 6.07) is 4.02. The average molecular weight is 260 g/mol. The molecule has 0 spiro atoms. The van der Waals surface area contributed by atoms with Gasteiger partial charge in [-0.2, -0.15) is 4.98 Å². The molecule has 19 heavy (non-hydrogen) atoms. The van der Waals surface area contributed by atoms with E-state index >= 15 is 0 Å². The first kappa shape index (κ1) is 12.4. The summed E-state index contributed by atoms with van der Waals surface area (Å²) in [5.41, 5.74) is 2.05. The maximum Gasteiger partial charge on any atom is 0.243 e. The monoisotopic (exact) mass is 260 g/mol. The van der Waals surface area contributed by atoms with Gasteiger partial charge in [0.2, 0.25) is 5.95 Å². The van der Waals surface area contributed by atoms with Crippen LogP contribution >= 0.6 is 0 Å². The fourth-order valence-corrected chi connectivity index (χ4v) is 2.84. The van der Waals surface area contributed by atoms with Crippen molar-refractivity contribution in [1.82, 2.24) is 14.6 Å². The minimum atomic E-state index is 0.0212. The number of nitrogens with zero attached hydrogens (tertiary/aromatic N) is 3. The Morgan fingerprint density at radius 1 is 1.42 bits per heavy atom. The standard InChI is InChI=1S/C14H20N4O/c1-11-4-7-18-12(8-11)16-13(17-18)15-9-14(10-19)5-2-3-6-14/h4,7-8,19H,2-3,5-6,9-10H2,1H3,(H,15,17). The summed E-state index contributed by atoms with van der Waals surface area (Å²) < 4.78 is 1.77. The molecule has 2 aromatic heterocycles. The molecule has 1 aliphatic carbocycles. The van der Waals surface area contributed by atoms with Crippen molar-refractivity contribution in [2.45, 2.75) is 32.6 Å². The van der Waals surface area contributed by atoms with Gasteiger partial charge >= 0.3 is 0 Å². The quantitative estimate of drug-likeness (QED) is 0.882. The summed E-state index contributed by atoms with van der Waals surface area (Å²) >= 11 is 0. The van der Waals surface area contributed by atoms with Crippen LogP contribution in [0.3, 0.4) is 0 Å². The van der Waals surface area contributed by atoms with Crippen LogP contribution in [0.15, 0.2) is 18.3 Å². The molecule has 5 nitrogen and oxygen atoms in total. The molecule has 3 rings (SSSR count). The van der Waals surface area contributed by atoms with Crippen molar-refractivity contribution in [2.75, 3.05) is 18.5 Å². The van der Waals surface area contributed by atoms with Gasteiger partial charge in [-0.15, -0.1) is 5.10 Å². The minimum Gasteiger partial charge on any atom is -0.396 e. The summed E-state index contributed by atoms with van der Waals surface area (Å²) in [5.74, 6) is 0.644. The molecule has 0 aromatic carbocycles. The number of pyridine rings is 1. The van der Waals surface area contributed by atoms with Crippen LogP contribution in [0.1, 0.15) is 31.2 Å². The number of aryl methyl sites for hydroxylation is 1. The highest BCUT2D eigenvalue weighted by atomic mass is 16.3. The van der Waals surface area contributed by atoms with Crippen molar-refractivity contribution < 1.29 is 5.11 Å². The van der Waals surface area contributed by atoms with Gasteiger partial charge in [0.05, 0.1) is 6.61 Å². The molecule has 0 saturated heterocycles. The van der Waals surface area contributed by atoms with Gasteiger partial charge in [0.1, 0.15) is 0 Å². The number of hydrogen-bond acceptors (Lipinski definition) is 4. The van der Waals surface area contributed by atoms with Crippen LogP contribution in [0.2, 0.25) is 0 Å². The van der Waals surface area contributed by atoms with Gasteiger partial charge < -0.3 is 10.4 Å². The Kier molecular flexibility index (Phi) is 3.14. The molecule has 5 heteroatoms. The molecule has 0 amide bonds. The zero-order valence-corrected chi connectivity index (χ0v) is 11.3. The Bertz CT molecular complexity index is 572. The lowest BCUT2D eigenvalue weighted by Crippen LogP contribution is -2.30. The second-order valence-corrected chi connectivity index (χ2v) is 5.66. The number of rotatable bonds is 4. The van der Waals surface area contributed by atoms with Gasteiger partial charge in [-0.1, -0.05) is 12.8 Å². The first-order valence-corrected chi connectivity index (χ1v) is 6.89. The highest BCUT2D eigenvalue weighted by Crippen LogP contribution is 2.37. The molecule has 1 saturated carbocycles. The number of fused-ring (bicyclic) bond motifs is 1. The number of aromatic nitrogens is 3. The predicted octanol–water partition coefficient (Wildman–Crippen LogP) is 2.00. The maximum absolute atomic E-state index is 9.58. The number of nitrogens with one attached hydrogen (secondary N) is 1. The molecule has 0 atom stereocenters. The van der Waals surface area contributed by atoms with Crippen LogP contribution in [-0.4, -0.2) is 32.9 Å². The molecule has 2 heterocycles. The van der Waals surface area contributed by atoms with E-state index in [1.807, 2.05) is 25.3 Å². The zero-order valence-electron chi connectivity index (χ0n) is 11.3. The Labute approximate surface area is 112 Å². The van der Waals surface area contributed by atoms with E-state index < -0.39 is 0 Å². The second kappa shape index (κ2) is 4.81. The van der Waals surface area contributed by atoms with E-state index in [0.717, 1.165) is 25.0 Å². The van der Waals surface area contributed by atoms with Gasteiger partial charge in [-0.3, -0.25) is 0 Å². The highest BCUT2D eigenvalue weighted by molar-refractivity contribution is 5.45. The Hall–Kier alpha value is -1.62. The number of aliphatic hydroxyl groups excluding tert-OH is 1. The van der Waals surface area contributed by atoms with E-state index in [-0.39, 0.29) is 12.0 Å². The molecule has 0 aliphatic heterocycles. The van der Waals surface area contributed by atoms with Crippen molar-refractivity contribution in [3.05, 3.63) is 23.9 Å². The van der Waals surface area contributed by atoms with Crippen molar-refractivity contribution in [3.8, 4) is 0 Å². The molecule has 2 N–H and O–H groups in total. The van der Waals surface area contributed by atoms with Gasteiger partial charge in [0.25, 0.3) is 0 Å². The fraction of sp³-hybridized carbons (Fsp3) is 0.571. The number of anilines is 1. The Morgan fingerprint density at radius 3 is 2.95 bits per heavy atom. The predicted molar refractivity (Wildman–Crippen MR) is 74.2 cm³/mol. The molecule has 102 valence electrons. The summed E-state index contributed by atoms with van der Waals surface area (Å²) in [6.45, 7) is 3.03. The van der Waals surface area contributed by atoms with Crippen LogP contribution in [0.4, 0.5) is 5.95 Å². The molecule has 0 unspecified atom stereocenters. The summed E-state index contributed by atoms with van der Waals surface area (Å²) in [7, 11) is 0. The normalized spacial score (nSPS) is 18.0. The minimum absolute atomic E-state index is 0.0212. The molecule has 2 aromatic rings. The third-order valence-electron chi connectivity index (χ3n) is 4.11. The Morgan fingerprint density at radius 2 is 2.21 bits per heavy atom. The van der Waals surface area contributed by atoms with Crippen molar-refractivity contribution >= 4 is 11.6 Å². The third kappa shape index (κ3) is 2.42. The number of aliphatic hydroxyl groups is 1. The molecule has 0 radical (unpaired) electrons. The molecular formula is C14H20N4O. The van der Waals surface area contributed by atoms with Crippen molar-refractivity contribution in [2.24, 2.45) is 5.41 Å². The second-order valence-electron chi connectivity index (χ2n) is 5.66. The lowest BCUT2D eigenvalue weighted by molar-refractivity contribution is 0.142. The van der Waals surface area contributed by atoms with Gasteiger partial charge in [0.15, 0.2) is 5.65 Å². The van der Waals surface area contributed by atoms with E-state index in [9.17, 15) is 5.11 Å². The van der Waals surface area contributed by atoms with E-state index in [2.05, 4.69) is 15.4 Å². The van der Waals surface area contributed by atoms with E-state index in [0.29, 0.717) is 5.95 Å².